The number of piperazine rings is 1. The monoisotopic (exact) mass is 410 g/mol. The number of nitrogens with zero attached hydrogens (tertiary/aromatic N) is 2. The molecular formula is C24H30N2O4. The Balaban J connectivity index is 1.70. The predicted molar refractivity (Wildman–Crippen MR) is 115 cm³/mol. The number of ether oxygens (including phenoxy) is 2. The molecule has 3 rings (SSSR count). The first-order valence-corrected chi connectivity index (χ1v) is 10.3. The second-order valence-corrected chi connectivity index (χ2v) is 8.49. The van der Waals surface area contributed by atoms with E-state index in [0.29, 0.717) is 19.6 Å². The first-order chi connectivity index (χ1) is 14.3. The molecule has 1 amide bonds. The quantitative estimate of drug-likeness (QED) is 0.701. The minimum absolute atomic E-state index is 0.210. The summed E-state index contributed by atoms with van der Waals surface area (Å²) in [5.74, 6) is -0.331. The van der Waals surface area contributed by atoms with Gasteiger partial charge in [-0.05, 0) is 31.9 Å². The van der Waals surface area contributed by atoms with Crippen LogP contribution in [0.3, 0.4) is 0 Å². The van der Waals surface area contributed by atoms with E-state index in [4.69, 9.17) is 9.47 Å². The van der Waals surface area contributed by atoms with Gasteiger partial charge in [0.1, 0.15) is 18.2 Å². The summed E-state index contributed by atoms with van der Waals surface area (Å²) in [5.41, 5.74) is 1.46. The van der Waals surface area contributed by atoms with Crippen molar-refractivity contribution in [2.24, 2.45) is 0 Å². The summed E-state index contributed by atoms with van der Waals surface area (Å²) in [6, 6.07) is 19.0. The molecule has 30 heavy (non-hydrogen) atoms. The van der Waals surface area contributed by atoms with Gasteiger partial charge in [0.2, 0.25) is 0 Å². The fraction of sp³-hybridized carbons (Fsp3) is 0.417. The summed E-state index contributed by atoms with van der Waals surface area (Å²) in [6.07, 6.45) is -0.400. The third-order valence-electron chi connectivity index (χ3n) is 4.87. The fourth-order valence-corrected chi connectivity index (χ4v) is 3.37. The summed E-state index contributed by atoms with van der Waals surface area (Å²) >= 11 is 0. The number of hydrogen-bond donors (Lipinski definition) is 0. The number of hydrogen-bond acceptors (Lipinski definition) is 5. The van der Waals surface area contributed by atoms with E-state index in [1.54, 1.807) is 4.90 Å². The lowest BCUT2D eigenvalue weighted by Crippen LogP contribution is -2.58. The standard InChI is InChI=1S/C24H30N2O4/c1-24(2,3)30-23(28)26-15-14-25(16-19-10-6-4-7-11-19)21(17-26)22(27)29-18-20-12-8-5-9-13-20/h4-13,21H,14-18H2,1-3H3. The lowest BCUT2D eigenvalue weighted by Gasteiger charge is -2.40. The number of rotatable bonds is 5. The Bertz CT molecular complexity index is 833. The predicted octanol–water partition coefficient (Wildman–Crippen LogP) is 3.85. The van der Waals surface area contributed by atoms with Gasteiger partial charge in [0.05, 0.1) is 6.54 Å². The average Bonchev–Trinajstić information content (AvgIpc) is 2.72. The molecule has 2 aromatic rings. The Morgan fingerprint density at radius 1 is 0.933 bits per heavy atom. The third kappa shape index (κ3) is 6.32. The van der Waals surface area contributed by atoms with Gasteiger partial charge in [-0.25, -0.2) is 4.79 Å². The van der Waals surface area contributed by atoms with Crippen LogP contribution in [0.4, 0.5) is 4.79 Å². The minimum Gasteiger partial charge on any atom is -0.460 e. The zero-order valence-electron chi connectivity index (χ0n) is 17.9. The molecule has 0 N–H and O–H groups in total. The number of esters is 1. The largest absolute Gasteiger partial charge is 0.460 e. The first-order valence-electron chi connectivity index (χ1n) is 10.3. The van der Waals surface area contributed by atoms with Gasteiger partial charge >= 0.3 is 12.1 Å². The molecule has 0 aromatic heterocycles. The zero-order chi connectivity index (χ0) is 21.6. The highest BCUT2D eigenvalue weighted by atomic mass is 16.6. The molecule has 0 radical (unpaired) electrons. The maximum atomic E-state index is 13.0. The van der Waals surface area contributed by atoms with Crippen molar-refractivity contribution in [3.63, 3.8) is 0 Å². The zero-order valence-corrected chi connectivity index (χ0v) is 17.9. The molecule has 1 atom stereocenters. The molecule has 1 aliphatic rings. The van der Waals surface area contributed by atoms with Crippen LogP contribution < -0.4 is 0 Å². The Hall–Kier alpha value is -2.86. The average molecular weight is 411 g/mol. The number of benzene rings is 2. The van der Waals surface area contributed by atoms with Crippen LogP contribution in [0.15, 0.2) is 60.7 Å². The summed E-state index contributed by atoms with van der Waals surface area (Å²) < 4.78 is 11.1. The van der Waals surface area contributed by atoms with Gasteiger partial charge in [-0.3, -0.25) is 9.69 Å². The van der Waals surface area contributed by atoms with E-state index in [1.807, 2.05) is 81.4 Å². The van der Waals surface area contributed by atoms with Gasteiger partial charge in [-0.15, -0.1) is 0 Å². The van der Waals surface area contributed by atoms with Crippen LogP contribution in [0.1, 0.15) is 31.9 Å². The fourth-order valence-electron chi connectivity index (χ4n) is 3.37. The normalized spacial score (nSPS) is 17.4. The molecule has 1 saturated heterocycles. The van der Waals surface area contributed by atoms with Crippen LogP contribution in [0.5, 0.6) is 0 Å². The topological polar surface area (TPSA) is 59.1 Å². The molecule has 1 aliphatic heterocycles. The minimum atomic E-state index is -0.582. The Labute approximate surface area is 178 Å². The molecule has 0 aliphatic carbocycles. The molecule has 160 valence electrons. The van der Waals surface area contributed by atoms with E-state index in [1.165, 1.54) is 0 Å². The highest BCUT2D eigenvalue weighted by molar-refractivity contribution is 5.78. The van der Waals surface area contributed by atoms with Gasteiger partial charge in [0, 0.05) is 19.6 Å². The number of carbonyl (C=O) groups excluding carboxylic acids is 2. The summed E-state index contributed by atoms with van der Waals surface area (Å²) in [5, 5.41) is 0. The van der Waals surface area contributed by atoms with Gasteiger partial charge in [-0.2, -0.15) is 0 Å². The Kier molecular flexibility index (Phi) is 7.11. The number of amides is 1. The van der Waals surface area contributed by atoms with Crippen LogP contribution >= 0.6 is 0 Å². The van der Waals surface area contributed by atoms with Crippen LogP contribution in [0, 0.1) is 0 Å². The van der Waals surface area contributed by atoms with Gasteiger partial charge in [0.25, 0.3) is 0 Å². The van der Waals surface area contributed by atoms with Gasteiger partial charge < -0.3 is 14.4 Å². The molecule has 1 heterocycles. The third-order valence-corrected chi connectivity index (χ3v) is 4.87. The lowest BCUT2D eigenvalue weighted by molar-refractivity contribution is -0.154. The molecule has 1 unspecified atom stereocenters. The molecule has 2 aromatic carbocycles. The molecule has 6 heteroatoms. The second-order valence-electron chi connectivity index (χ2n) is 8.49. The molecule has 6 nitrogen and oxygen atoms in total. The summed E-state index contributed by atoms with van der Waals surface area (Å²) in [4.78, 5) is 29.2. The van der Waals surface area contributed by atoms with Crippen molar-refractivity contribution in [3.8, 4) is 0 Å². The molecular weight excluding hydrogens is 380 g/mol. The summed E-state index contributed by atoms with van der Waals surface area (Å²) in [7, 11) is 0. The molecule has 0 bridgehead atoms. The first kappa shape index (κ1) is 21.8. The van der Waals surface area contributed by atoms with Crippen LogP contribution in [0.2, 0.25) is 0 Å². The maximum absolute atomic E-state index is 13.0. The van der Waals surface area contributed by atoms with E-state index >= 15 is 0 Å². The SMILES string of the molecule is CC(C)(C)OC(=O)N1CCN(Cc2ccccc2)C(C(=O)OCc2ccccc2)C1. The summed E-state index contributed by atoms with van der Waals surface area (Å²) in [6.45, 7) is 7.65. The van der Waals surface area contributed by atoms with Crippen molar-refractivity contribution in [1.82, 2.24) is 9.80 Å². The van der Waals surface area contributed by atoms with Crippen molar-refractivity contribution in [1.29, 1.82) is 0 Å². The van der Waals surface area contributed by atoms with Gasteiger partial charge in [0.15, 0.2) is 0 Å². The Morgan fingerprint density at radius 2 is 1.53 bits per heavy atom. The van der Waals surface area contributed by atoms with Crippen molar-refractivity contribution >= 4 is 12.1 Å². The highest BCUT2D eigenvalue weighted by Gasteiger charge is 2.36. The smallest absolute Gasteiger partial charge is 0.410 e. The van der Waals surface area contributed by atoms with E-state index < -0.39 is 17.7 Å². The molecule has 1 fully saturated rings. The van der Waals surface area contributed by atoms with E-state index in [-0.39, 0.29) is 19.1 Å². The van der Waals surface area contributed by atoms with Crippen LogP contribution in [0.25, 0.3) is 0 Å². The van der Waals surface area contributed by atoms with E-state index in [2.05, 4.69) is 4.90 Å². The lowest BCUT2D eigenvalue weighted by atomic mass is 10.1. The highest BCUT2D eigenvalue weighted by Crippen LogP contribution is 2.19. The van der Waals surface area contributed by atoms with Crippen molar-refractivity contribution < 1.29 is 19.1 Å². The van der Waals surface area contributed by atoms with Crippen molar-refractivity contribution in [2.75, 3.05) is 19.6 Å². The van der Waals surface area contributed by atoms with Crippen molar-refractivity contribution in [2.45, 2.75) is 45.6 Å². The van der Waals surface area contributed by atoms with E-state index in [0.717, 1.165) is 11.1 Å². The maximum Gasteiger partial charge on any atom is 0.410 e. The van der Waals surface area contributed by atoms with Crippen LogP contribution in [-0.4, -0.2) is 53.1 Å². The molecule has 0 saturated carbocycles. The molecule has 0 spiro atoms. The number of carbonyl (C=O) groups is 2. The van der Waals surface area contributed by atoms with Crippen LogP contribution in [-0.2, 0) is 27.4 Å². The second kappa shape index (κ2) is 9.76. The van der Waals surface area contributed by atoms with Gasteiger partial charge in [-0.1, -0.05) is 60.7 Å². The van der Waals surface area contributed by atoms with Crippen molar-refractivity contribution in [3.05, 3.63) is 71.8 Å². The Morgan fingerprint density at radius 3 is 2.13 bits per heavy atom. The van der Waals surface area contributed by atoms with E-state index in [9.17, 15) is 9.59 Å².